The van der Waals surface area contributed by atoms with Crippen molar-refractivity contribution >= 4 is 122 Å². The molecule has 2 bridgehead atoms. The van der Waals surface area contributed by atoms with Crippen LogP contribution < -0.4 is 0 Å². The summed E-state index contributed by atoms with van der Waals surface area (Å²) >= 11 is -5.17. The molecule has 244 valence electrons. The van der Waals surface area contributed by atoms with Crippen LogP contribution in [-0.4, -0.2) is 126 Å². The second-order valence-electron chi connectivity index (χ2n) is 9.11. The first kappa shape index (κ1) is 39.7. The zero-order chi connectivity index (χ0) is 31.6. The average Bonchev–Trinajstić information content (AvgIpc) is 2.97. The Morgan fingerprint density at radius 3 is 1.23 bits per heavy atom. The molecular formula is C23H36O12S6Sn2. The molecular weight excluding hydrogens is 898 g/mol. The third-order valence-electron chi connectivity index (χ3n) is 5.56. The van der Waals surface area contributed by atoms with Gasteiger partial charge in [-0.05, 0) is 0 Å². The zero-order valence-corrected chi connectivity index (χ0v) is 34.6. The van der Waals surface area contributed by atoms with Crippen molar-refractivity contribution in [3.63, 3.8) is 0 Å². The van der Waals surface area contributed by atoms with E-state index < -0.39 is 86.0 Å². The minimum atomic E-state index is -3.54. The second-order valence-corrected chi connectivity index (χ2v) is 73.7. The maximum absolute atomic E-state index is 12.4. The normalized spacial score (nSPS) is 28.3. The molecule has 0 aromatic carbocycles. The molecule has 3 saturated heterocycles. The Balaban J connectivity index is 2.18. The van der Waals surface area contributed by atoms with Gasteiger partial charge in [0.15, 0.2) is 0 Å². The molecule has 20 heteroatoms. The van der Waals surface area contributed by atoms with Crippen molar-refractivity contribution in [3.05, 3.63) is 0 Å². The van der Waals surface area contributed by atoms with E-state index in [0.717, 1.165) is 35.9 Å². The summed E-state index contributed by atoms with van der Waals surface area (Å²) in [6.07, 6.45) is 3.79. The topological polar surface area (TPSA) is 158 Å². The van der Waals surface area contributed by atoms with Crippen LogP contribution in [-0.2, 0) is 57.2 Å². The Kier molecular flexibility index (Phi) is 20.5. The number of thioether (sulfide) groups is 1. The van der Waals surface area contributed by atoms with E-state index in [1.165, 1.54) is 38.6 Å². The number of rotatable bonds is 0. The fourth-order valence-corrected chi connectivity index (χ4v) is 50.0. The van der Waals surface area contributed by atoms with Crippen molar-refractivity contribution < 1.29 is 57.2 Å². The maximum atomic E-state index is 12.4. The van der Waals surface area contributed by atoms with Crippen LogP contribution in [0.2, 0.25) is 14.3 Å². The number of esters is 6. The number of carbonyl (C=O) groups excluding carboxylic acids is 6. The zero-order valence-electron chi connectivity index (χ0n) is 24.0. The van der Waals surface area contributed by atoms with Gasteiger partial charge in [0, 0.05) is 0 Å². The standard InChI is InChI=1S/C11H19O4S2.2C5H8O4S2.2CH3.2Sn/c1-2-3-4-5-6-17-8-11(13)15-9-14-10(12)7-16;2*6-4(1-10)8-3-9-5(7)2-11;;;;/h16H,1-9H2;2*10-11H,1-3H2;2*1H3;;/q;;;;;+2;+3/p-5. The summed E-state index contributed by atoms with van der Waals surface area (Å²) < 4.78 is 31.5. The number of hydrogen-bond acceptors (Lipinski definition) is 18. The molecule has 0 radical (unpaired) electrons. The van der Waals surface area contributed by atoms with Crippen LogP contribution in [0.25, 0.3) is 0 Å². The van der Waals surface area contributed by atoms with E-state index in [9.17, 15) is 28.8 Å². The van der Waals surface area contributed by atoms with Crippen molar-refractivity contribution in [2.75, 3.05) is 60.6 Å². The molecule has 0 aromatic rings. The van der Waals surface area contributed by atoms with Crippen molar-refractivity contribution in [1.29, 1.82) is 0 Å². The molecule has 0 spiro atoms. The molecule has 3 fully saturated rings. The first-order chi connectivity index (χ1) is 20.5. The summed E-state index contributed by atoms with van der Waals surface area (Å²) in [5.41, 5.74) is 0. The van der Waals surface area contributed by atoms with Crippen molar-refractivity contribution in [1.82, 2.24) is 0 Å². The second kappa shape index (κ2) is 22.2. The van der Waals surface area contributed by atoms with Crippen molar-refractivity contribution in [2.45, 2.75) is 40.0 Å². The molecule has 3 aliphatic rings. The number of hydrogen-bond donors (Lipinski definition) is 0. The van der Waals surface area contributed by atoms with Gasteiger partial charge < -0.3 is 0 Å². The van der Waals surface area contributed by atoms with Crippen molar-refractivity contribution in [3.8, 4) is 0 Å². The molecule has 0 aliphatic carbocycles. The Hall–Kier alpha value is 0.517. The molecule has 0 atom stereocenters. The molecule has 3 heterocycles. The van der Waals surface area contributed by atoms with Crippen LogP contribution in [0, 0.1) is 0 Å². The van der Waals surface area contributed by atoms with E-state index >= 15 is 0 Å². The Morgan fingerprint density at radius 2 is 0.814 bits per heavy atom. The van der Waals surface area contributed by atoms with Gasteiger partial charge in [0.05, 0.1) is 0 Å². The Bertz CT molecular complexity index is 933. The average molecular weight is 934 g/mol. The molecule has 0 N–H and O–H groups in total. The third-order valence-corrected chi connectivity index (χ3v) is 66.7. The first-order valence-corrected chi connectivity index (χ1v) is 44.5. The van der Waals surface area contributed by atoms with Gasteiger partial charge in [0.25, 0.3) is 0 Å². The van der Waals surface area contributed by atoms with Crippen molar-refractivity contribution in [2.24, 2.45) is 0 Å². The Morgan fingerprint density at radius 1 is 0.465 bits per heavy atom. The van der Waals surface area contributed by atoms with Gasteiger partial charge in [-0.25, -0.2) is 0 Å². The summed E-state index contributed by atoms with van der Waals surface area (Å²) in [4.78, 5) is 78.0. The van der Waals surface area contributed by atoms with Crippen LogP contribution >= 0.6 is 56.5 Å². The Labute approximate surface area is 277 Å². The molecule has 0 unspecified atom stereocenters. The van der Waals surface area contributed by atoms with E-state index in [2.05, 4.69) is 4.94 Å². The summed E-state index contributed by atoms with van der Waals surface area (Å²) in [6.45, 7) is -1.50. The van der Waals surface area contributed by atoms with Crippen LogP contribution in [0.4, 0.5) is 0 Å². The van der Waals surface area contributed by atoms with E-state index in [0.29, 0.717) is 0 Å². The van der Waals surface area contributed by atoms with Gasteiger partial charge in [-0.2, -0.15) is 0 Å². The van der Waals surface area contributed by atoms with Gasteiger partial charge in [0.1, 0.15) is 0 Å². The molecule has 0 aromatic heterocycles. The summed E-state index contributed by atoms with van der Waals surface area (Å²) in [5.74, 6) is -2.32. The van der Waals surface area contributed by atoms with E-state index in [4.69, 9.17) is 28.4 Å². The predicted molar refractivity (Wildman–Crippen MR) is 177 cm³/mol. The molecule has 3 aliphatic heterocycles. The molecule has 3 rings (SSSR count). The predicted octanol–water partition coefficient (Wildman–Crippen LogP) is 3.75. The van der Waals surface area contributed by atoms with Gasteiger partial charge in [-0.15, -0.1) is 0 Å². The van der Waals surface area contributed by atoms with Gasteiger partial charge in [0.2, 0.25) is 0 Å². The summed E-state index contributed by atoms with van der Waals surface area (Å²) in [7, 11) is 7.02. The fraction of sp³-hybridized carbons (Fsp3) is 0.739. The van der Waals surface area contributed by atoms with Crippen LogP contribution in [0.1, 0.15) is 25.7 Å². The summed E-state index contributed by atoms with van der Waals surface area (Å²) in [5, 5.41) is 0. The van der Waals surface area contributed by atoms with E-state index in [1.54, 1.807) is 17.9 Å². The van der Waals surface area contributed by atoms with Gasteiger partial charge >= 0.3 is 280 Å². The molecule has 43 heavy (non-hydrogen) atoms. The van der Waals surface area contributed by atoms with E-state index in [1.807, 2.05) is 4.94 Å². The third kappa shape index (κ3) is 19.1. The fourth-order valence-electron chi connectivity index (χ4n) is 3.20. The first-order valence-electron chi connectivity index (χ1n) is 13.2. The van der Waals surface area contributed by atoms with Gasteiger partial charge in [-0.1, -0.05) is 0 Å². The van der Waals surface area contributed by atoms with Crippen LogP contribution in [0.3, 0.4) is 0 Å². The number of carbonyl (C=O) groups is 6. The molecule has 0 amide bonds. The monoisotopic (exact) mass is 936 g/mol. The van der Waals surface area contributed by atoms with Gasteiger partial charge in [-0.3, -0.25) is 0 Å². The SMILES string of the molecule is [CH3][Sn]12[CH2]CCCCCSCC(=O)OCOC(=O)C[S][Sn]([CH3])([S]CC(=O)OCOC(=O)C[S]1)[S]CC(=O)OCOC(=O)C[S]2. The number of fused-ring (bicyclic) bond motifs is 30. The van der Waals surface area contributed by atoms with Crippen LogP contribution in [0.15, 0.2) is 0 Å². The van der Waals surface area contributed by atoms with Crippen LogP contribution in [0.5, 0.6) is 0 Å². The molecule has 12 nitrogen and oxygen atoms in total. The molecule has 0 saturated carbocycles. The number of ether oxygens (including phenoxy) is 6. The minimum absolute atomic E-state index is 0.0684. The van der Waals surface area contributed by atoms with E-state index in [-0.39, 0.29) is 34.5 Å². The quantitative estimate of drug-likeness (QED) is 0.196. The summed E-state index contributed by atoms with van der Waals surface area (Å²) in [6, 6.07) is 0.